The third-order valence-electron chi connectivity index (χ3n) is 22.4. The number of fused-ring (bicyclic) bond motifs is 15. The van der Waals surface area contributed by atoms with Crippen molar-refractivity contribution in [2.45, 2.75) is 54.9 Å². The van der Waals surface area contributed by atoms with Gasteiger partial charge in [0.1, 0.15) is 0 Å². The Morgan fingerprint density at radius 1 is 0.161 bits per heavy atom. The minimum Gasteiger partial charge on any atom is -0.0622 e. The summed E-state index contributed by atoms with van der Waals surface area (Å²) in [7, 11) is 0. The van der Waals surface area contributed by atoms with E-state index in [-0.39, 0.29) is 0 Å². The molecule has 538 valence electrons. The molecule has 0 N–H and O–H groups in total. The maximum Gasteiger partial charge on any atom is -0.00134 e. The summed E-state index contributed by atoms with van der Waals surface area (Å²) >= 11 is 0. The summed E-state index contributed by atoms with van der Waals surface area (Å²) in [4.78, 5) is 0. The van der Waals surface area contributed by atoms with Crippen LogP contribution in [0.4, 0.5) is 0 Å². The first-order valence-corrected chi connectivity index (χ1v) is 39.2. The number of benzene rings is 21. The van der Waals surface area contributed by atoms with Crippen molar-refractivity contribution < 1.29 is 0 Å². The molecule has 0 atom stereocenters. The SMILES string of the molecule is Cc1c2ccccc2c(-c2cccc3ccccc23)c2ccccc12.Cc1c2ccccc2c(-c2ccccc2)c2ccccc12.Cc1c2ccccc2cc2ccccc12.Cc1cc2ccccc2c2ccccc12.Cc1ccc2c(c1)Cc1ccccc1-2.Cc1ccc2ccccc2c1.Cc1cccc2ccccc12. The molecular formula is C112H90. The van der Waals surface area contributed by atoms with Crippen molar-refractivity contribution in [3.05, 3.63) is 457 Å². The van der Waals surface area contributed by atoms with Crippen LogP contribution in [0.1, 0.15) is 50.1 Å². The molecule has 0 nitrogen and oxygen atoms in total. The van der Waals surface area contributed by atoms with Gasteiger partial charge in [-0.2, -0.15) is 0 Å². The molecule has 0 heterocycles. The van der Waals surface area contributed by atoms with Gasteiger partial charge in [-0.25, -0.2) is 0 Å². The number of hydrogen-bond acceptors (Lipinski definition) is 0. The Hall–Kier alpha value is -13.5. The fourth-order valence-corrected chi connectivity index (χ4v) is 16.8. The van der Waals surface area contributed by atoms with Crippen LogP contribution in [0.2, 0.25) is 0 Å². The average molecular weight is 1440 g/mol. The van der Waals surface area contributed by atoms with Crippen molar-refractivity contribution in [2.24, 2.45) is 0 Å². The van der Waals surface area contributed by atoms with Crippen LogP contribution >= 0.6 is 0 Å². The first-order chi connectivity index (χ1) is 55.0. The molecule has 0 amide bonds. The molecule has 112 heavy (non-hydrogen) atoms. The maximum absolute atomic E-state index is 2.30. The van der Waals surface area contributed by atoms with Crippen LogP contribution in [0.25, 0.3) is 152 Å². The summed E-state index contributed by atoms with van der Waals surface area (Å²) in [5.41, 5.74) is 20.5. The van der Waals surface area contributed by atoms with Crippen LogP contribution in [0.5, 0.6) is 0 Å². The summed E-state index contributed by atoms with van der Waals surface area (Å²) in [5.74, 6) is 0. The Kier molecular flexibility index (Phi) is 21.5. The van der Waals surface area contributed by atoms with Crippen molar-refractivity contribution in [1.29, 1.82) is 0 Å². The van der Waals surface area contributed by atoms with Gasteiger partial charge in [0.25, 0.3) is 0 Å². The van der Waals surface area contributed by atoms with E-state index in [4.69, 9.17) is 0 Å². The largest absolute Gasteiger partial charge is 0.0622 e. The van der Waals surface area contributed by atoms with Crippen LogP contribution in [0.15, 0.2) is 406 Å². The third kappa shape index (κ3) is 15.2. The van der Waals surface area contributed by atoms with Gasteiger partial charge < -0.3 is 0 Å². The number of rotatable bonds is 2. The molecule has 0 spiro atoms. The molecule has 21 aromatic rings. The second kappa shape index (κ2) is 33.1. The highest BCUT2D eigenvalue weighted by Gasteiger charge is 2.19. The quantitative estimate of drug-likeness (QED) is 0.120. The average Bonchev–Trinajstić information content (AvgIpc) is 0.888. The summed E-state index contributed by atoms with van der Waals surface area (Å²) in [6.07, 6.45) is 1.10. The van der Waals surface area contributed by atoms with E-state index in [1.54, 1.807) is 0 Å². The summed E-state index contributed by atoms with van der Waals surface area (Å²) < 4.78 is 0. The fraction of sp³-hybridized carbons (Fsp3) is 0.0714. The highest BCUT2D eigenvalue weighted by atomic mass is 14.2. The molecule has 0 saturated carbocycles. The zero-order chi connectivity index (χ0) is 76.4. The van der Waals surface area contributed by atoms with E-state index in [0.717, 1.165) is 6.42 Å². The van der Waals surface area contributed by atoms with Gasteiger partial charge in [-0.05, 0) is 252 Å². The lowest BCUT2D eigenvalue weighted by Crippen LogP contribution is -1.90. The Bertz CT molecular complexity index is 6790. The molecule has 1 aliphatic rings. The van der Waals surface area contributed by atoms with Gasteiger partial charge in [0.05, 0.1) is 0 Å². The molecule has 0 aromatic heterocycles. The lowest BCUT2D eigenvalue weighted by molar-refractivity contribution is 1.25. The van der Waals surface area contributed by atoms with Gasteiger partial charge in [-0.15, -0.1) is 0 Å². The molecule has 0 saturated heterocycles. The van der Waals surface area contributed by atoms with Crippen LogP contribution in [-0.4, -0.2) is 0 Å². The predicted molar refractivity (Wildman–Crippen MR) is 490 cm³/mol. The van der Waals surface area contributed by atoms with Gasteiger partial charge in [0.2, 0.25) is 0 Å². The smallest absolute Gasteiger partial charge is 0.00134 e. The Morgan fingerprint density at radius 2 is 0.518 bits per heavy atom. The molecule has 0 radical (unpaired) electrons. The highest BCUT2D eigenvalue weighted by molar-refractivity contribution is 6.19. The zero-order valence-electron chi connectivity index (χ0n) is 64.9. The van der Waals surface area contributed by atoms with Crippen molar-refractivity contribution in [2.75, 3.05) is 0 Å². The lowest BCUT2D eigenvalue weighted by atomic mass is 9.87. The number of hydrogen-bond donors (Lipinski definition) is 0. The van der Waals surface area contributed by atoms with Crippen molar-refractivity contribution in [3.8, 4) is 33.4 Å². The van der Waals surface area contributed by atoms with Crippen LogP contribution in [-0.2, 0) is 6.42 Å². The van der Waals surface area contributed by atoms with Gasteiger partial charge in [-0.3, -0.25) is 0 Å². The van der Waals surface area contributed by atoms with Crippen molar-refractivity contribution in [1.82, 2.24) is 0 Å². The first-order valence-electron chi connectivity index (χ1n) is 39.2. The Labute approximate surface area is 658 Å². The van der Waals surface area contributed by atoms with E-state index < -0.39 is 0 Å². The van der Waals surface area contributed by atoms with E-state index >= 15 is 0 Å². The Morgan fingerprint density at radius 3 is 1.08 bits per heavy atom. The Balaban J connectivity index is 0.000000101. The molecule has 0 unspecified atom stereocenters. The van der Waals surface area contributed by atoms with E-state index in [1.807, 2.05) is 0 Å². The monoisotopic (exact) mass is 1430 g/mol. The van der Waals surface area contributed by atoms with Gasteiger partial charge in [0.15, 0.2) is 0 Å². The van der Waals surface area contributed by atoms with E-state index in [2.05, 4.69) is 455 Å². The molecule has 0 aliphatic heterocycles. The van der Waals surface area contributed by atoms with Crippen LogP contribution in [0, 0.1) is 48.5 Å². The van der Waals surface area contributed by atoms with E-state index in [1.165, 1.54) is 202 Å². The predicted octanol–water partition coefficient (Wildman–Crippen LogP) is 31.6. The molecule has 0 fully saturated rings. The fourth-order valence-electron chi connectivity index (χ4n) is 16.8. The van der Waals surface area contributed by atoms with Gasteiger partial charge in [-0.1, -0.05) is 412 Å². The number of aryl methyl sites for hydroxylation is 7. The highest BCUT2D eigenvalue weighted by Crippen LogP contribution is 2.43. The van der Waals surface area contributed by atoms with Crippen LogP contribution < -0.4 is 0 Å². The second-order valence-electron chi connectivity index (χ2n) is 29.6. The molecule has 21 aromatic carbocycles. The molecule has 0 bridgehead atoms. The zero-order valence-corrected chi connectivity index (χ0v) is 64.9. The summed E-state index contributed by atoms with van der Waals surface area (Å²) in [6.45, 7) is 15.2. The van der Waals surface area contributed by atoms with Crippen LogP contribution in [0.3, 0.4) is 0 Å². The second-order valence-corrected chi connectivity index (χ2v) is 29.6. The molecule has 0 heteroatoms. The molecular weight excluding hydrogens is 1350 g/mol. The minimum atomic E-state index is 1.10. The maximum atomic E-state index is 2.30. The van der Waals surface area contributed by atoms with Gasteiger partial charge >= 0.3 is 0 Å². The first kappa shape index (κ1) is 72.7. The standard InChI is InChI=1S/C25H18.C21H16.2C15H12.C14H12.2C11H10/c1-17-19-11-4-6-14-22(19)25(23-15-7-5-12-20(17)23)24-16-8-10-18-9-2-3-13-21(18)24;1-15-17-11-5-7-13-19(17)21(16-9-3-2-4-10-16)20-14-8-6-12-18(15)20;1-11-14-8-4-2-6-12(14)10-13-7-3-5-9-15(11)13;1-11-10-12-6-2-3-8-14(12)15-9-5-4-7-13(11)15;1-10-6-7-14-12(8-10)9-11-4-2-3-5-13(11)14;1-9-5-4-7-10-6-2-3-8-11(9)10;1-9-6-7-10-4-2-3-5-11(10)8-9/h2-16H,1H3;2-14H,1H3;2*2-10H,1H3;2-8H,9H2,1H3;2*2-8H,1H3. The van der Waals surface area contributed by atoms with E-state index in [9.17, 15) is 0 Å². The molecule has 1 aliphatic carbocycles. The topological polar surface area (TPSA) is 0 Å². The van der Waals surface area contributed by atoms with Gasteiger partial charge in [0, 0.05) is 0 Å². The molecule has 22 rings (SSSR count). The minimum absolute atomic E-state index is 1.10. The summed E-state index contributed by atoms with van der Waals surface area (Å²) in [5, 5.41) is 29.4. The van der Waals surface area contributed by atoms with E-state index in [0.29, 0.717) is 0 Å². The normalized spacial score (nSPS) is 11.1. The lowest BCUT2D eigenvalue weighted by Gasteiger charge is -2.16. The third-order valence-corrected chi connectivity index (χ3v) is 22.4. The van der Waals surface area contributed by atoms with Crippen molar-refractivity contribution in [3.63, 3.8) is 0 Å². The summed E-state index contributed by atoms with van der Waals surface area (Å²) in [6, 6.07) is 145. The van der Waals surface area contributed by atoms with Crippen molar-refractivity contribution >= 4 is 118 Å².